The van der Waals surface area contributed by atoms with E-state index in [0.29, 0.717) is 12.2 Å². The predicted octanol–water partition coefficient (Wildman–Crippen LogP) is 4.53. The van der Waals surface area contributed by atoms with E-state index < -0.39 is 11.9 Å². The van der Waals surface area contributed by atoms with Gasteiger partial charge >= 0.3 is 0 Å². The lowest BCUT2D eigenvalue weighted by Gasteiger charge is -2.13. The van der Waals surface area contributed by atoms with Crippen molar-refractivity contribution in [1.29, 1.82) is 0 Å². The summed E-state index contributed by atoms with van der Waals surface area (Å²) in [5.74, 6) is 0.239. The molecule has 106 valence electrons. The third-order valence-electron chi connectivity index (χ3n) is 2.97. The standard InChI is InChI=1S/C15H13BrClFO2/c1-20-15-5-3-10(8-11(15)16)14(19)7-9-2-4-13(18)12(17)6-9/h2-6,8,14,19H,7H2,1H3. The van der Waals surface area contributed by atoms with Crippen LogP contribution in [0, 0.1) is 5.82 Å². The predicted molar refractivity (Wildman–Crippen MR) is 80.8 cm³/mol. The lowest BCUT2D eigenvalue weighted by Crippen LogP contribution is -2.02. The third-order valence-corrected chi connectivity index (χ3v) is 3.88. The van der Waals surface area contributed by atoms with Gasteiger partial charge < -0.3 is 9.84 Å². The first-order chi connectivity index (χ1) is 9.51. The Kier molecular flexibility index (Phi) is 5.02. The maximum absolute atomic E-state index is 13.1. The molecule has 1 N–H and O–H groups in total. The monoisotopic (exact) mass is 358 g/mol. The fraction of sp³-hybridized carbons (Fsp3) is 0.200. The van der Waals surface area contributed by atoms with Gasteiger partial charge in [0, 0.05) is 6.42 Å². The van der Waals surface area contributed by atoms with Crippen molar-refractivity contribution in [1.82, 2.24) is 0 Å². The second-order valence-electron chi connectivity index (χ2n) is 4.36. The van der Waals surface area contributed by atoms with E-state index in [4.69, 9.17) is 16.3 Å². The second-order valence-corrected chi connectivity index (χ2v) is 5.62. The largest absolute Gasteiger partial charge is 0.496 e. The average molecular weight is 360 g/mol. The van der Waals surface area contributed by atoms with Crippen molar-refractivity contribution in [3.05, 3.63) is 62.8 Å². The number of aliphatic hydroxyl groups is 1. The van der Waals surface area contributed by atoms with Gasteiger partial charge in [-0.05, 0) is 51.3 Å². The fourth-order valence-electron chi connectivity index (χ4n) is 1.90. The molecule has 0 aliphatic rings. The highest BCUT2D eigenvalue weighted by atomic mass is 79.9. The molecule has 2 rings (SSSR count). The molecule has 0 radical (unpaired) electrons. The van der Waals surface area contributed by atoms with E-state index in [1.54, 1.807) is 31.4 Å². The molecule has 0 saturated heterocycles. The SMILES string of the molecule is COc1ccc(C(O)Cc2ccc(F)c(Cl)c2)cc1Br. The van der Waals surface area contributed by atoms with Gasteiger partial charge in [0.2, 0.25) is 0 Å². The van der Waals surface area contributed by atoms with Crippen LogP contribution in [0.15, 0.2) is 40.9 Å². The van der Waals surface area contributed by atoms with E-state index in [1.165, 1.54) is 12.1 Å². The topological polar surface area (TPSA) is 29.5 Å². The maximum atomic E-state index is 13.1. The first-order valence-electron chi connectivity index (χ1n) is 5.96. The van der Waals surface area contributed by atoms with Crippen LogP contribution in [0.5, 0.6) is 5.75 Å². The lowest BCUT2D eigenvalue weighted by atomic mass is 10.0. The zero-order valence-electron chi connectivity index (χ0n) is 10.7. The van der Waals surface area contributed by atoms with Crippen LogP contribution in [0.3, 0.4) is 0 Å². The molecule has 0 bridgehead atoms. The number of rotatable bonds is 4. The van der Waals surface area contributed by atoms with Gasteiger partial charge in [0.05, 0.1) is 22.7 Å². The molecule has 5 heteroatoms. The van der Waals surface area contributed by atoms with Crippen LogP contribution in [0.1, 0.15) is 17.2 Å². The fourth-order valence-corrected chi connectivity index (χ4v) is 2.66. The van der Waals surface area contributed by atoms with Crippen molar-refractivity contribution in [3.63, 3.8) is 0 Å². The molecule has 0 fully saturated rings. The van der Waals surface area contributed by atoms with Gasteiger partial charge in [-0.2, -0.15) is 0 Å². The summed E-state index contributed by atoms with van der Waals surface area (Å²) in [6.45, 7) is 0. The number of methoxy groups -OCH3 is 1. The Morgan fingerprint density at radius 3 is 2.65 bits per heavy atom. The quantitative estimate of drug-likeness (QED) is 0.869. The molecule has 0 aliphatic carbocycles. The van der Waals surface area contributed by atoms with E-state index in [2.05, 4.69) is 15.9 Å². The normalized spacial score (nSPS) is 12.2. The van der Waals surface area contributed by atoms with Crippen LogP contribution in [0.25, 0.3) is 0 Å². The first-order valence-corrected chi connectivity index (χ1v) is 7.14. The minimum atomic E-state index is -0.696. The summed E-state index contributed by atoms with van der Waals surface area (Å²) >= 11 is 9.10. The van der Waals surface area contributed by atoms with Gasteiger partial charge in [0.1, 0.15) is 11.6 Å². The van der Waals surface area contributed by atoms with Crippen LogP contribution < -0.4 is 4.74 Å². The van der Waals surface area contributed by atoms with Crippen LogP contribution in [-0.2, 0) is 6.42 Å². The molecule has 0 amide bonds. The van der Waals surface area contributed by atoms with Gasteiger partial charge in [0.15, 0.2) is 0 Å². The van der Waals surface area contributed by atoms with Crippen molar-refractivity contribution < 1.29 is 14.2 Å². The number of aliphatic hydroxyl groups excluding tert-OH is 1. The first kappa shape index (κ1) is 15.3. The Bertz CT molecular complexity index is 619. The van der Waals surface area contributed by atoms with Gasteiger partial charge in [0.25, 0.3) is 0 Å². The Morgan fingerprint density at radius 1 is 1.30 bits per heavy atom. The summed E-state index contributed by atoms with van der Waals surface area (Å²) in [5, 5.41) is 10.3. The van der Waals surface area contributed by atoms with E-state index >= 15 is 0 Å². The van der Waals surface area contributed by atoms with Crippen LogP contribution in [-0.4, -0.2) is 12.2 Å². The highest BCUT2D eigenvalue weighted by Crippen LogP contribution is 2.29. The minimum Gasteiger partial charge on any atom is -0.496 e. The maximum Gasteiger partial charge on any atom is 0.141 e. The van der Waals surface area contributed by atoms with E-state index in [9.17, 15) is 9.50 Å². The van der Waals surface area contributed by atoms with Crippen molar-refractivity contribution in [2.45, 2.75) is 12.5 Å². The molecular formula is C15H13BrClFO2. The summed E-state index contributed by atoms with van der Waals surface area (Å²) in [4.78, 5) is 0. The molecule has 0 saturated carbocycles. The lowest BCUT2D eigenvalue weighted by molar-refractivity contribution is 0.178. The molecule has 1 atom stereocenters. The number of ether oxygens (including phenoxy) is 1. The molecule has 2 nitrogen and oxygen atoms in total. The zero-order chi connectivity index (χ0) is 14.7. The Labute approximate surface area is 130 Å². The highest BCUT2D eigenvalue weighted by Gasteiger charge is 2.12. The van der Waals surface area contributed by atoms with Gasteiger partial charge in [-0.1, -0.05) is 23.7 Å². The molecular weight excluding hydrogens is 347 g/mol. The summed E-state index contributed by atoms with van der Waals surface area (Å²) in [5.41, 5.74) is 1.52. The minimum absolute atomic E-state index is 0.0608. The summed E-state index contributed by atoms with van der Waals surface area (Å²) < 4.78 is 19.0. The van der Waals surface area contributed by atoms with Gasteiger partial charge in [-0.15, -0.1) is 0 Å². The average Bonchev–Trinajstić information content (AvgIpc) is 2.42. The van der Waals surface area contributed by atoms with Crippen molar-refractivity contribution in [2.24, 2.45) is 0 Å². The molecule has 0 aromatic heterocycles. The molecule has 20 heavy (non-hydrogen) atoms. The smallest absolute Gasteiger partial charge is 0.141 e. The van der Waals surface area contributed by atoms with Crippen molar-refractivity contribution in [3.8, 4) is 5.75 Å². The second kappa shape index (κ2) is 6.57. The molecule has 0 aliphatic heterocycles. The van der Waals surface area contributed by atoms with Crippen molar-refractivity contribution in [2.75, 3.05) is 7.11 Å². The number of hydrogen-bond donors (Lipinski definition) is 1. The molecule has 2 aromatic rings. The molecule has 1 unspecified atom stereocenters. The Morgan fingerprint density at radius 2 is 2.05 bits per heavy atom. The van der Waals surface area contributed by atoms with Crippen LogP contribution in [0.2, 0.25) is 5.02 Å². The number of hydrogen-bond acceptors (Lipinski definition) is 2. The number of halogens is 3. The van der Waals surface area contributed by atoms with E-state index in [0.717, 1.165) is 15.6 Å². The molecule has 2 aromatic carbocycles. The van der Waals surface area contributed by atoms with Crippen molar-refractivity contribution >= 4 is 27.5 Å². The Balaban J connectivity index is 2.17. The summed E-state index contributed by atoms with van der Waals surface area (Å²) in [7, 11) is 1.58. The molecule has 0 spiro atoms. The summed E-state index contributed by atoms with van der Waals surface area (Å²) in [6.07, 6.45) is -0.336. The van der Waals surface area contributed by atoms with E-state index in [1.807, 2.05) is 0 Å². The van der Waals surface area contributed by atoms with Gasteiger partial charge in [-0.25, -0.2) is 4.39 Å². The highest BCUT2D eigenvalue weighted by molar-refractivity contribution is 9.10. The van der Waals surface area contributed by atoms with Crippen LogP contribution in [0.4, 0.5) is 4.39 Å². The summed E-state index contributed by atoms with van der Waals surface area (Å²) in [6, 6.07) is 9.81. The molecule has 0 heterocycles. The third kappa shape index (κ3) is 3.51. The number of benzene rings is 2. The zero-order valence-corrected chi connectivity index (χ0v) is 13.1. The van der Waals surface area contributed by atoms with Gasteiger partial charge in [-0.3, -0.25) is 0 Å². The Hall–Kier alpha value is -1.10. The van der Waals surface area contributed by atoms with E-state index in [-0.39, 0.29) is 5.02 Å². The van der Waals surface area contributed by atoms with Crippen LogP contribution >= 0.6 is 27.5 Å².